The summed E-state index contributed by atoms with van der Waals surface area (Å²) in [4.78, 5) is 4.04. The Bertz CT molecular complexity index is 138. The molecule has 0 saturated heterocycles. The molecule has 7 heavy (non-hydrogen) atoms. The van der Waals surface area contributed by atoms with Crippen molar-refractivity contribution in [2.75, 3.05) is 0 Å². The molecule has 0 aliphatic heterocycles. The van der Waals surface area contributed by atoms with E-state index in [0.29, 0.717) is 0 Å². The van der Waals surface area contributed by atoms with E-state index in [4.69, 9.17) is 0 Å². The minimum absolute atomic E-state index is 1.06. The fraction of sp³-hybridized carbons (Fsp3) is 0. The van der Waals surface area contributed by atoms with Crippen LogP contribution in [0.15, 0.2) is 24.4 Å². The number of hydrogen-bond acceptors (Lipinski definition) is 1. The van der Waals surface area contributed by atoms with Crippen LogP contribution in [0.5, 0.6) is 0 Å². The van der Waals surface area contributed by atoms with Crippen LogP contribution in [-0.4, -0.2) is 32.9 Å². The SMILES string of the molecule is [Na][c]1ccccn1. The van der Waals surface area contributed by atoms with Gasteiger partial charge in [-0.1, -0.05) is 0 Å². The van der Waals surface area contributed by atoms with Crippen molar-refractivity contribution in [2.24, 2.45) is 0 Å². The molecule has 0 aromatic carbocycles. The first-order valence-corrected chi connectivity index (χ1v) is 3.27. The average Bonchev–Trinajstić information content (AvgIpc) is 1.69. The van der Waals surface area contributed by atoms with Gasteiger partial charge in [0, 0.05) is 0 Å². The first-order chi connectivity index (χ1) is 3.39. The summed E-state index contributed by atoms with van der Waals surface area (Å²) in [7, 11) is 0. The van der Waals surface area contributed by atoms with Crippen LogP contribution in [0.4, 0.5) is 0 Å². The Hall–Kier alpha value is 0.150. The molecule has 2 heteroatoms. The summed E-state index contributed by atoms with van der Waals surface area (Å²) in [5, 5.41) is 0. The van der Waals surface area contributed by atoms with Gasteiger partial charge in [0.05, 0.1) is 0 Å². The minimum atomic E-state index is 1.06. The van der Waals surface area contributed by atoms with Crippen molar-refractivity contribution >= 4 is 30.9 Å². The van der Waals surface area contributed by atoms with Crippen LogP contribution in [0, 0.1) is 0 Å². The van der Waals surface area contributed by atoms with Crippen molar-refractivity contribution in [3.05, 3.63) is 24.4 Å². The van der Waals surface area contributed by atoms with E-state index in [1.165, 1.54) is 2.94 Å². The van der Waals surface area contributed by atoms with Crippen LogP contribution in [0.3, 0.4) is 0 Å². The summed E-state index contributed by atoms with van der Waals surface area (Å²) < 4.78 is 1.21. The number of pyridine rings is 1. The Morgan fingerprint density at radius 3 is 2.57 bits per heavy atom. The van der Waals surface area contributed by atoms with E-state index in [9.17, 15) is 0 Å². The maximum absolute atomic E-state index is 4.04. The van der Waals surface area contributed by atoms with Crippen molar-refractivity contribution < 1.29 is 0 Å². The van der Waals surface area contributed by atoms with E-state index in [2.05, 4.69) is 4.98 Å². The number of hydrogen-bond donors (Lipinski definition) is 0. The summed E-state index contributed by atoms with van der Waals surface area (Å²) in [6, 6.07) is 5.98. The monoisotopic (exact) mass is 101 g/mol. The van der Waals surface area contributed by atoms with Crippen LogP contribution < -0.4 is 2.94 Å². The normalized spacial score (nSPS) is 8.86. The average molecular weight is 101 g/mol. The molecule has 0 saturated carbocycles. The molecule has 0 unspecified atom stereocenters. The molecule has 0 fully saturated rings. The van der Waals surface area contributed by atoms with Crippen LogP contribution in [0.1, 0.15) is 0 Å². The molecule has 0 amide bonds. The number of rotatable bonds is 0. The third kappa shape index (κ3) is 1.59. The van der Waals surface area contributed by atoms with Crippen molar-refractivity contribution in [3.63, 3.8) is 0 Å². The molecule has 1 heterocycles. The van der Waals surface area contributed by atoms with Gasteiger partial charge in [-0.15, -0.1) is 0 Å². The topological polar surface area (TPSA) is 12.9 Å². The predicted octanol–water partition coefficient (Wildman–Crippen LogP) is -0.125. The van der Waals surface area contributed by atoms with Crippen molar-refractivity contribution in [3.8, 4) is 0 Å². The molecule has 0 atom stereocenters. The zero-order valence-corrected chi connectivity index (χ0v) is 6.26. The third-order valence-corrected chi connectivity index (χ3v) is 1.40. The number of aromatic nitrogens is 1. The quantitative estimate of drug-likeness (QED) is 0.415. The maximum atomic E-state index is 4.04. The molecule has 0 radical (unpaired) electrons. The first kappa shape index (κ1) is 5.29. The van der Waals surface area contributed by atoms with Gasteiger partial charge in [-0.25, -0.2) is 0 Å². The molecule has 0 spiro atoms. The van der Waals surface area contributed by atoms with E-state index in [1.54, 1.807) is 0 Å². The molecular formula is C5H4NNa. The van der Waals surface area contributed by atoms with Crippen molar-refractivity contribution in [1.82, 2.24) is 4.98 Å². The molecule has 0 N–H and O–H groups in total. The molecule has 30 valence electrons. The van der Waals surface area contributed by atoms with Crippen molar-refractivity contribution in [2.45, 2.75) is 0 Å². The summed E-state index contributed by atoms with van der Waals surface area (Å²) >= 11 is 1.06. The van der Waals surface area contributed by atoms with Crippen LogP contribution in [-0.2, 0) is 0 Å². The summed E-state index contributed by atoms with van der Waals surface area (Å²) in [5.74, 6) is 0. The molecule has 0 aliphatic carbocycles. The zero-order valence-electron chi connectivity index (χ0n) is 4.26. The summed E-state index contributed by atoms with van der Waals surface area (Å²) in [6.45, 7) is 0. The van der Waals surface area contributed by atoms with Gasteiger partial charge in [0.15, 0.2) is 0 Å². The van der Waals surface area contributed by atoms with Gasteiger partial charge in [0.1, 0.15) is 0 Å². The van der Waals surface area contributed by atoms with Crippen molar-refractivity contribution in [1.29, 1.82) is 0 Å². The fourth-order valence-electron chi connectivity index (χ4n) is 0.448. The zero-order chi connectivity index (χ0) is 5.11. The van der Waals surface area contributed by atoms with E-state index >= 15 is 0 Å². The van der Waals surface area contributed by atoms with Gasteiger partial charge in [-0.3, -0.25) is 0 Å². The van der Waals surface area contributed by atoms with Gasteiger partial charge in [0.25, 0.3) is 0 Å². The molecule has 1 nitrogen and oxygen atoms in total. The molecular weight excluding hydrogens is 97.1 g/mol. The molecule has 1 aromatic rings. The molecule has 1 rings (SSSR count). The third-order valence-electron chi connectivity index (χ3n) is 0.813. The van der Waals surface area contributed by atoms with Gasteiger partial charge >= 0.3 is 60.3 Å². The molecule has 0 bridgehead atoms. The second-order valence-corrected chi connectivity index (χ2v) is 2.50. The van der Waals surface area contributed by atoms with Gasteiger partial charge < -0.3 is 0 Å². The molecule has 0 aliphatic rings. The fourth-order valence-corrected chi connectivity index (χ4v) is 0.790. The second-order valence-electron chi connectivity index (χ2n) is 1.47. The summed E-state index contributed by atoms with van der Waals surface area (Å²) in [6.07, 6.45) is 1.82. The van der Waals surface area contributed by atoms with E-state index in [0.717, 1.165) is 27.9 Å². The second kappa shape index (κ2) is 2.46. The Balaban J connectivity index is 3.02. The Kier molecular flexibility index (Phi) is 1.86. The molecule has 1 aromatic heterocycles. The van der Waals surface area contributed by atoms with Crippen LogP contribution in [0.25, 0.3) is 0 Å². The summed E-state index contributed by atoms with van der Waals surface area (Å²) in [5.41, 5.74) is 0. The van der Waals surface area contributed by atoms with Gasteiger partial charge in [-0.2, -0.15) is 0 Å². The first-order valence-electron chi connectivity index (χ1n) is 2.27. The van der Waals surface area contributed by atoms with E-state index in [1.807, 2.05) is 24.4 Å². The Morgan fingerprint density at radius 2 is 2.29 bits per heavy atom. The standard InChI is InChI=1S/C5H4N.Na/c1-2-4-6-5-3-1;/h1-4H;. The Labute approximate surface area is 60.2 Å². The van der Waals surface area contributed by atoms with E-state index < -0.39 is 0 Å². The predicted molar refractivity (Wildman–Crippen MR) is 29.6 cm³/mol. The van der Waals surface area contributed by atoms with Crippen LogP contribution in [0.2, 0.25) is 0 Å². The van der Waals surface area contributed by atoms with E-state index in [-0.39, 0.29) is 0 Å². The number of nitrogens with zero attached hydrogens (tertiary/aromatic N) is 1. The van der Waals surface area contributed by atoms with Gasteiger partial charge in [0.2, 0.25) is 0 Å². The Morgan fingerprint density at radius 1 is 1.43 bits per heavy atom. The van der Waals surface area contributed by atoms with Gasteiger partial charge in [-0.05, 0) is 0 Å². The van der Waals surface area contributed by atoms with Crippen LogP contribution >= 0.6 is 0 Å².